The topological polar surface area (TPSA) is 66.6 Å². The molecule has 1 aliphatic heterocycles. The normalized spacial score (nSPS) is 34.0. The maximum atomic E-state index is 12.3. The fraction of sp³-hybridized carbons (Fsp3) is 0.923. The fourth-order valence-corrected chi connectivity index (χ4v) is 3.18. The summed E-state index contributed by atoms with van der Waals surface area (Å²) >= 11 is 0. The summed E-state index contributed by atoms with van der Waals surface area (Å²) in [5, 5.41) is 8.97. The summed E-state index contributed by atoms with van der Waals surface area (Å²) in [6.07, 6.45) is 5.86. The van der Waals surface area contributed by atoms with Crippen LogP contribution in [0.25, 0.3) is 0 Å². The van der Waals surface area contributed by atoms with Gasteiger partial charge in [0.2, 0.25) is 5.91 Å². The predicted molar refractivity (Wildman–Crippen MR) is 66.3 cm³/mol. The van der Waals surface area contributed by atoms with E-state index in [1.165, 1.54) is 0 Å². The van der Waals surface area contributed by atoms with Gasteiger partial charge in [-0.1, -0.05) is 0 Å². The molecule has 0 aromatic rings. The first-order chi connectivity index (χ1) is 8.20. The average Bonchev–Trinajstić information content (AvgIpc) is 2.76. The molecule has 1 amide bonds. The van der Waals surface area contributed by atoms with Crippen LogP contribution in [-0.2, 0) is 4.79 Å². The van der Waals surface area contributed by atoms with E-state index < -0.39 is 0 Å². The molecule has 3 atom stereocenters. The first-order valence-electron chi connectivity index (χ1n) is 6.86. The number of carbonyl (C=O) groups excluding carboxylic acids is 1. The van der Waals surface area contributed by atoms with Crippen LogP contribution in [-0.4, -0.2) is 41.7 Å². The fourth-order valence-electron chi connectivity index (χ4n) is 3.18. The summed E-state index contributed by atoms with van der Waals surface area (Å²) in [7, 11) is 0. The van der Waals surface area contributed by atoms with E-state index in [0.29, 0.717) is 11.8 Å². The Bertz CT molecular complexity index is 268. The highest BCUT2D eigenvalue weighted by atomic mass is 16.3. The average molecular weight is 240 g/mol. The number of aliphatic hydroxyl groups is 1. The minimum atomic E-state index is 0.165. The molecule has 17 heavy (non-hydrogen) atoms. The first-order valence-corrected chi connectivity index (χ1v) is 6.86. The maximum absolute atomic E-state index is 12.3. The molecule has 1 heterocycles. The van der Waals surface area contributed by atoms with Crippen LogP contribution < -0.4 is 5.73 Å². The predicted octanol–water partition coefficient (Wildman–Crippen LogP) is 0.735. The van der Waals surface area contributed by atoms with Crippen LogP contribution in [0, 0.1) is 11.8 Å². The zero-order valence-electron chi connectivity index (χ0n) is 10.5. The van der Waals surface area contributed by atoms with Gasteiger partial charge >= 0.3 is 0 Å². The van der Waals surface area contributed by atoms with Crippen molar-refractivity contribution >= 4 is 5.91 Å². The van der Waals surface area contributed by atoms with Crippen LogP contribution in [0.15, 0.2) is 0 Å². The number of hydrogen-bond donors (Lipinski definition) is 2. The van der Waals surface area contributed by atoms with Gasteiger partial charge in [-0.25, -0.2) is 0 Å². The first kappa shape index (κ1) is 12.8. The number of rotatable bonds is 3. The zero-order chi connectivity index (χ0) is 12.3. The SMILES string of the molecule is NC1CCC(C(=O)N2CCCC(CCO)C2)C1. The molecular weight excluding hydrogens is 216 g/mol. The molecule has 0 aromatic heterocycles. The van der Waals surface area contributed by atoms with Crippen LogP contribution in [0.1, 0.15) is 38.5 Å². The third kappa shape index (κ3) is 3.19. The molecule has 0 aromatic carbocycles. The van der Waals surface area contributed by atoms with Crippen molar-refractivity contribution in [3.8, 4) is 0 Å². The number of piperidine rings is 1. The van der Waals surface area contributed by atoms with Crippen molar-refractivity contribution < 1.29 is 9.90 Å². The van der Waals surface area contributed by atoms with Crippen molar-refractivity contribution in [2.24, 2.45) is 17.6 Å². The van der Waals surface area contributed by atoms with E-state index >= 15 is 0 Å². The van der Waals surface area contributed by atoms with E-state index in [2.05, 4.69) is 0 Å². The van der Waals surface area contributed by atoms with E-state index in [1.807, 2.05) is 4.90 Å². The quantitative estimate of drug-likeness (QED) is 0.764. The van der Waals surface area contributed by atoms with E-state index in [-0.39, 0.29) is 18.6 Å². The van der Waals surface area contributed by atoms with Crippen molar-refractivity contribution in [1.29, 1.82) is 0 Å². The molecule has 4 heteroatoms. The molecule has 4 nitrogen and oxygen atoms in total. The van der Waals surface area contributed by atoms with Gasteiger partial charge in [0.05, 0.1) is 0 Å². The largest absolute Gasteiger partial charge is 0.396 e. The van der Waals surface area contributed by atoms with Gasteiger partial charge in [-0.2, -0.15) is 0 Å². The van der Waals surface area contributed by atoms with Crippen molar-refractivity contribution in [2.45, 2.75) is 44.6 Å². The lowest BCUT2D eigenvalue weighted by Gasteiger charge is -2.34. The Morgan fingerprint density at radius 2 is 2.18 bits per heavy atom. The molecule has 3 unspecified atom stereocenters. The Hall–Kier alpha value is -0.610. The van der Waals surface area contributed by atoms with Crippen LogP contribution in [0.5, 0.6) is 0 Å². The molecule has 2 rings (SSSR count). The van der Waals surface area contributed by atoms with Gasteiger partial charge in [-0.15, -0.1) is 0 Å². The summed E-state index contributed by atoms with van der Waals surface area (Å²) in [5.74, 6) is 0.964. The van der Waals surface area contributed by atoms with Gasteiger partial charge in [0.1, 0.15) is 0 Å². The van der Waals surface area contributed by atoms with Crippen molar-refractivity contribution in [2.75, 3.05) is 19.7 Å². The maximum Gasteiger partial charge on any atom is 0.225 e. The lowest BCUT2D eigenvalue weighted by molar-refractivity contribution is -0.137. The van der Waals surface area contributed by atoms with E-state index in [4.69, 9.17) is 10.8 Å². The smallest absolute Gasteiger partial charge is 0.225 e. The molecule has 0 spiro atoms. The lowest BCUT2D eigenvalue weighted by atomic mass is 9.94. The second-order valence-electron chi connectivity index (χ2n) is 5.57. The van der Waals surface area contributed by atoms with Gasteiger partial charge in [0, 0.05) is 31.7 Å². The molecule has 2 aliphatic rings. The second-order valence-corrected chi connectivity index (χ2v) is 5.57. The van der Waals surface area contributed by atoms with Crippen molar-refractivity contribution in [3.05, 3.63) is 0 Å². The zero-order valence-corrected chi connectivity index (χ0v) is 10.5. The van der Waals surface area contributed by atoms with Crippen molar-refractivity contribution in [3.63, 3.8) is 0 Å². The van der Waals surface area contributed by atoms with Gasteiger partial charge in [-0.3, -0.25) is 4.79 Å². The van der Waals surface area contributed by atoms with Gasteiger partial charge in [0.25, 0.3) is 0 Å². The minimum absolute atomic E-state index is 0.165. The van der Waals surface area contributed by atoms with Gasteiger partial charge < -0.3 is 15.7 Å². The number of nitrogens with two attached hydrogens (primary N) is 1. The minimum Gasteiger partial charge on any atom is -0.396 e. The number of aliphatic hydroxyl groups excluding tert-OH is 1. The molecule has 1 saturated carbocycles. The monoisotopic (exact) mass is 240 g/mol. The molecule has 3 N–H and O–H groups in total. The summed E-state index contributed by atoms with van der Waals surface area (Å²) in [5.41, 5.74) is 5.86. The summed E-state index contributed by atoms with van der Waals surface area (Å²) in [6.45, 7) is 1.97. The Balaban J connectivity index is 1.86. The molecule has 1 saturated heterocycles. The number of nitrogens with zero attached hydrogens (tertiary/aromatic N) is 1. The number of amides is 1. The van der Waals surface area contributed by atoms with Gasteiger partial charge in [0.15, 0.2) is 0 Å². The van der Waals surface area contributed by atoms with Crippen LogP contribution in [0.3, 0.4) is 0 Å². The second kappa shape index (κ2) is 5.83. The Morgan fingerprint density at radius 3 is 2.82 bits per heavy atom. The number of carbonyl (C=O) groups is 1. The highest BCUT2D eigenvalue weighted by Gasteiger charge is 2.32. The van der Waals surface area contributed by atoms with Gasteiger partial charge in [-0.05, 0) is 44.4 Å². The highest BCUT2D eigenvalue weighted by molar-refractivity contribution is 5.79. The van der Waals surface area contributed by atoms with Crippen LogP contribution >= 0.6 is 0 Å². The van der Waals surface area contributed by atoms with Crippen LogP contribution in [0.4, 0.5) is 0 Å². The third-order valence-corrected chi connectivity index (χ3v) is 4.19. The number of hydrogen-bond acceptors (Lipinski definition) is 3. The molecule has 2 fully saturated rings. The van der Waals surface area contributed by atoms with E-state index in [0.717, 1.165) is 51.6 Å². The molecule has 0 radical (unpaired) electrons. The van der Waals surface area contributed by atoms with E-state index in [1.54, 1.807) is 0 Å². The Kier molecular flexibility index (Phi) is 4.40. The van der Waals surface area contributed by atoms with E-state index in [9.17, 15) is 4.79 Å². The van der Waals surface area contributed by atoms with Crippen LogP contribution in [0.2, 0.25) is 0 Å². The standard InChI is InChI=1S/C13H24N2O2/c14-12-4-3-11(8-12)13(17)15-6-1-2-10(9-15)5-7-16/h10-12,16H,1-9,14H2. The molecule has 1 aliphatic carbocycles. The highest BCUT2D eigenvalue weighted by Crippen LogP contribution is 2.28. The summed E-state index contributed by atoms with van der Waals surface area (Å²) in [4.78, 5) is 14.3. The Morgan fingerprint density at radius 1 is 1.35 bits per heavy atom. The van der Waals surface area contributed by atoms with Crippen molar-refractivity contribution in [1.82, 2.24) is 4.90 Å². The summed E-state index contributed by atoms with van der Waals surface area (Å²) < 4.78 is 0. The Labute approximate surface area is 103 Å². The lowest BCUT2D eigenvalue weighted by Crippen LogP contribution is -2.43. The molecular formula is C13H24N2O2. The molecule has 98 valence electrons. The number of likely N-dealkylation sites (tertiary alicyclic amines) is 1. The molecule has 0 bridgehead atoms. The summed E-state index contributed by atoms with van der Waals surface area (Å²) in [6, 6.07) is 0.224. The third-order valence-electron chi connectivity index (χ3n) is 4.19.